The second kappa shape index (κ2) is 11.5. The van der Waals surface area contributed by atoms with Crippen LogP contribution in [-0.4, -0.2) is 25.6 Å². The van der Waals surface area contributed by atoms with Gasteiger partial charge < -0.3 is 24.5 Å². The van der Waals surface area contributed by atoms with Gasteiger partial charge in [0.1, 0.15) is 17.0 Å². The van der Waals surface area contributed by atoms with E-state index >= 15 is 0 Å². The summed E-state index contributed by atoms with van der Waals surface area (Å²) in [5.41, 5.74) is 0.328. The third-order valence-electron chi connectivity index (χ3n) is 6.95. The van der Waals surface area contributed by atoms with Gasteiger partial charge in [-0.1, -0.05) is 45.2 Å². The van der Waals surface area contributed by atoms with Crippen LogP contribution in [0.25, 0.3) is 17.0 Å². The van der Waals surface area contributed by atoms with Gasteiger partial charge in [0.15, 0.2) is 0 Å². The number of amides is 1. The Hall–Kier alpha value is -4.07. The van der Waals surface area contributed by atoms with E-state index in [4.69, 9.17) is 13.9 Å². The van der Waals surface area contributed by atoms with E-state index in [-0.39, 0.29) is 11.5 Å². The van der Waals surface area contributed by atoms with Crippen molar-refractivity contribution in [2.24, 2.45) is 5.92 Å². The fourth-order valence-corrected chi connectivity index (χ4v) is 4.67. The molecule has 8 heteroatoms. The Balaban J connectivity index is 1.56. The van der Waals surface area contributed by atoms with Gasteiger partial charge in [0.25, 0.3) is 5.91 Å². The molecular formula is C30H34N2O6. The third-order valence-corrected chi connectivity index (χ3v) is 6.95. The first-order chi connectivity index (χ1) is 18.3. The molecule has 2 N–H and O–H groups in total. The molecule has 1 aliphatic heterocycles. The molecule has 2 heterocycles. The highest BCUT2D eigenvalue weighted by Crippen LogP contribution is 2.33. The number of nitrogens with one attached hydrogen (secondary N) is 2. The predicted molar refractivity (Wildman–Crippen MR) is 147 cm³/mol. The highest BCUT2D eigenvalue weighted by Gasteiger charge is 2.38. The van der Waals surface area contributed by atoms with Crippen LogP contribution in [-0.2, 0) is 15.2 Å². The first-order valence-corrected chi connectivity index (χ1v) is 13.0. The third kappa shape index (κ3) is 5.74. The van der Waals surface area contributed by atoms with Crippen LogP contribution in [0.3, 0.4) is 0 Å². The monoisotopic (exact) mass is 518 g/mol. The number of esters is 1. The molecule has 1 aliphatic rings. The summed E-state index contributed by atoms with van der Waals surface area (Å²) >= 11 is 0. The van der Waals surface area contributed by atoms with Crippen LogP contribution in [0.1, 0.15) is 67.9 Å². The van der Waals surface area contributed by atoms with Crippen molar-refractivity contribution >= 4 is 34.6 Å². The average molecular weight is 519 g/mol. The zero-order valence-electron chi connectivity index (χ0n) is 22.3. The number of benzene rings is 2. The number of unbranched alkanes of at least 4 members (excludes halogenated alkanes) is 1. The fraction of sp³-hybridized carbons (Fsp3) is 0.367. The standard InChI is InChI=1S/C30H34N2O6/c1-5-7-9-19(6-2)18-37-26(33)15-12-20-10-8-11-24-27(20)28(34)32-30(3,31-24)23-17-21-16-22(36-4)13-14-25(21)38-29(23)35/h8,10-17,19,31H,5-7,9,18H2,1-4H3,(H,32,34)/b15-12+. The molecule has 2 aromatic carbocycles. The van der Waals surface area contributed by atoms with Crippen molar-refractivity contribution in [1.82, 2.24) is 5.32 Å². The lowest BCUT2D eigenvalue weighted by Gasteiger charge is -2.37. The number of fused-ring (bicyclic) bond motifs is 2. The quantitative estimate of drug-likeness (QED) is 0.204. The van der Waals surface area contributed by atoms with Gasteiger partial charge in [-0.25, -0.2) is 9.59 Å². The van der Waals surface area contributed by atoms with Gasteiger partial charge in [-0.15, -0.1) is 0 Å². The zero-order chi connectivity index (χ0) is 27.3. The molecule has 2 atom stereocenters. The van der Waals surface area contributed by atoms with E-state index in [0.717, 1.165) is 25.7 Å². The first-order valence-electron chi connectivity index (χ1n) is 13.0. The summed E-state index contributed by atoms with van der Waals surface area (Å²) in [7, 11) is 1.56. The van der Waals surface area contributed by atoms with Gasteiger partial charge in [0, 0.05) is 17.1 Å². The molecule has 2 unspecified atom stereocenters. The molecule has 1 amide bonds. The number of ether oxygens (including phenoxy) is 2. The topological polar surface area (TPSA) is 107 Å². The summed E-state index contributed by atoms with van der Waals surface area (Å²) in [5, 5.41) is 6.84. The largest absolute Gasteiger partial charge is 0.497 e. The summed E-state index contributed by atoms with van der Waals surface area (Å²) in [6.45, 7) is 6.32. The lowest BCUT2D eigenvalue weighted by Crippen LogP contribution is -2.55. The molecule has 4 rings (SSSR count). The molecule has 0 fully saturated rings. The van der Waals surface area contributed by atoms with Gasteiger partial charge in [0.05, 0.1) is 24.8 Å². The lowest BCUT2D eigenvalue weighted by atomic mass is 9.94. The Morgan fingerprint density at radius 1 is 1.13 bits per heavy atom. The number of carbonyl (C=O) groups excluding carboxylic acids is 2. The maximum absolute atomic E-state index is 13.3. The summed E-state index contributed by atoms with van der Waals surface area (Å²) in [4.78, 5) is 38.6. The van der Waals surface area contributed by atoms with E-state index < -0.39 is 17.3 Å². The van der Waals surface area contributed by atoms with E-state index in [1.165, 1.54) is 6.08 Å². The smallest absolute Gasteiger partial charge is 0.343 e. The molecule has 3 aromatic rings. The molecule has 38 heavy (non-hydrogen) atoms. The predicted octanol–water partition coefficient (Wildman–Crippen LogP) is 5.60. The van der Waals surface area contributed by atoms with E-state index in [9.17, 15) is 14.4 Å². The van der Waals surface area contributed by atoms with Crippen LogP contribution in [0.5, 0.6) is 5.75 Å². The Labute approximate surface area is 222 Å². The van der Waals surface area contributed by atoms with E-state index in [0.29, 0.717) is 46.1 Å². The number of hydrogen-bond donors (Lipinski definition) is 2. The van der Waals surface area contributed by atoms with Crippen molar-refractivity contribution in [2.45, 2.75) is 52.1 Å². The molecule has 0 saturated heterocycles. The number of carbonyl (C=O) groups is 2. The summed E-state index contributed by atoms with van der Waals surface area (Å²) in [6, 6.07) is 12.1. The summed E-state index contributed by atoms with van der Waals surface area (Å²) in [6.07, 6.45) is 7.13. The van der Waals surface area contributed by atoms with Crippen molar-refractivity contribution in [3.05, 3.63) is 75.7 Å². The molecule has 1 aromatic heterocycles. The minimum Gasteiger partial charge on any atom is -0.497 e. The van der Waals surface area contributed by atoms with Crippen molar-refractivity contribution in [3.63, 3.8) is 0 Å². The van der Waals surface area contributed by atoms with Crippen LogP contribution < -0.4 is 21.0 Å². The molecular weight excluding hydrogens is 484 g/mol. The first kappa shape index (κ1) is 27.0. The molecule has 0 saturated carbocycles. The maximum atomic E-state index is 13.3. The highest BCUT2D eigenvalue weighted by molar-refractivity contribution is 6.06. The van der Waals surface area contributed by atoms with Gasteiger partial charge in [-0.2, -0.15) is 0 Å². The molecule has 8 nitrogen and oxygen atoms in total. The molecule has 0 spiro atoms. The van der Waals surface area contributed by atoms with Crippen LogP contribution in [0.15, 0.2) is 57.8 Å². The number of rotatable bonds is 10. The second-order valence-corrected chi connectivity index (χ2v) is 9.71. The van der Waals surface area contributed by atoms with E-state index in [1.807, 2.05) is 0 Å². The minimum absolute atomic E-state index is 0.246. The van der Waals surface area contributed by atoms with Crippen molar-refractivity contribution in [1.29, 1.82) is 0 Å². The van der Waals surface area contributed by atoms with Gasteiger partial charge in [0.2, 0.25) is 0 Å². The minimum atomic E-state index is -1.23. The normalized spacial score (nSPS) is 17.5. The summed E-state index contributed by atoms with van der Waals surface area (Å²) in [5.74, 6) is 0.134. The zero-order valence-corrected chi connectivity index (χ0v) is 22.3. The van der Waals surface area contributed by atoms with Crippen molar-refractivity contribution in [3.8, 4) is 5.75 Å². The van der Waals surface area contributed by atoms with Crippen molar-refractivity contribution in [2.75, 3.05) is 19.0 Å². The maximum Gasteiger partial charge on any atom is 0.343 e. The Morgan fingerprint density at radius 2 is 1.95 bits per heavy atom. The summed E-state index contributed by atoms with van der Waals surface area (Å²) < 4.78 is 16.3. The number of hydrogen-bond acceptors (Lipinski definition) is 7. The SMILES string of the molecule is CCCCC(CC)COC(=O)/C=C/c1cccc2c1C(=O)NC(C)(c1cc3cc(OC)ccc3oc1=O)N2. The van der Waals surface area contributed by atoms with Crippen LogP contribution in [0.4, 0.5) is 5.69 Å². The molecule has 200 valence electrons. The van der Waals surface area contributed by atoms with Gasteiger partial charge >= 0.3 is 11.6 Å². The van der Waals surface area contributed by atoms with Crippen molar-refractivity contribution < 1.29 is 23.5 Å². The average Bonchev–Trinajstić information content (AvgIpc) is 2.91. The molecule has 0 bridgehead atoms. The van der Waals surface area contributed by atoms with E-state index in [1.54, 1.807) is 62.6 Å². The Bertz CT molecular complexity index is 1430. The Kier molecular flexibility index (Phi) is 8.20. The lowest BCUT2D eigenvalue weighted by molar-refractivity contribution is -0.139. The fourth-order valence-electron chi connectivity index (χ4n) is 4.67. The molecule has 0 aliphatic carbocycles. The number of anilines is 1. The van der Waals surface area contributed by atoms with Crippen LogP contribution >= 0.6 is 0 Å². The molecule has 0 radical (unpaired) electrons. The van der Waals surface area contributed by atoms with Crippen LogP contribution in [0.2, 0.25) is 0 Å². The van der Waals surface area contributed by atoms with Gasteiger partial charge in [-0.05, 0) is 61.2 Å². The second-order valence-electron chi connectivity index (χ2n) is 9.71. The number of methoxy groups -OCH3 is 1. The van der Waals surface area contributed by atoms with E-state index in [2.05, 4.69) is 24.5 Å². The highest BCUT2D eigenvalue weighted by atomic mass is 16.5. The Morgan fingerprint density at radius 3 is 2.68 bits per heavy atom. The van der Waals surface area contributed by atoms with Gasteiger partial charge in [-0.3, -0.25) is 4.79 Å². The van der Waals surface area contributed by atoms with Crippen LogP contribution in [0, 0.1) is 5.92 Å².